The van der Waals surface area contributed by atoms with E-state index < -0.39 is 0 Å². The second-order valence-electron chi connectivity index (χ2n) is 6.42. The second kappa shape index (κ2) is 9.29. The van der Waals surface area contributed by atoms with Crippen LogP contribution in [0.25, 0.3) is 0 Å². The number of hydrogen-bond donors (Lipinski definition) is 0. The van der Waals surface area contributed by atoms with Crippen LogP contribution in [0.15, 0.2) is 72.8 Å². The fourth-order valence-corrected chi connectivity index (χ4v) is 2.98. The van der Waals surface area contributed by atoms with Gasteiger partial charge in [0.2, 0.25) is 0 Å². The molecule has 3 aromatic rings. The third-order valence-corrected chi connectivity index (χ3v) is 4.73. The molecule has 0 aromatic heterocycles. The van der Waals surface area contributed by atoms with Gasteiger partial charge in [-0.3, -0.25) is 4.79 Å². The first-order valence-electron chi connectivity index (χ1n) is 8.91. The maximum absolute atomic E-state index is 12.8. The number of rotatable bonds is 7. The van der Waals surface area contributed by atoms with Crippen molar-refractivity contribution in [3.05, 3.63) is 94.5 Å². The molecule has 0 fully saturated rings. The minimum Gasteiger partial charge on any atom is -0.497 e. The van der Waals surface area contributed by atoms with Crippen LogP contribution in [0.1, 0.15) is 21.5 Å². The summed E-state index contributed by atoms with van der Waals surface area (Å²) in [6, 6.07) is 22.4. The minimum absolute atomic E-state index is 0.0704. The van der Waals surface area contributed by atoms with Crippen LogP contribution in [0.5, 0.6) is 11.5 Å². The van der Waals surface area contributed by atoms with E-state index in [9.17, 15) is 4.79 Å². The first-order chi connectivity index (χ1) is 13.6. The SMILES string of the molecule is COc1ccc(CN(C)C(=O)c2cccc(OCc3ccccc3Cl)c2)cc1. The topological polar surface area (TPSA) is 38.8 Å². The molecule has 0 saturated heterocycles. The van der Waals surface area contributed by atoms with E-state index in [1.165, 1.54) is 0 Å². The summed E-state index contributed by atoms with van der Waals surface area (Å²) in [5.41, 5.74) is 2.51. The summed E-state index contributed by atoms with van der Waals surface area (Å²) < 4.78 is 11.0. The molecule has 3 aromatic carbocycles. The van der Waals surface area contributed by atoms with Crippen LogP contribution in [-0.2, 0) is 13.2 Å². The summed E-state index contributed by atoms with van der Waals surface area (Å²) in [7, 11) is 3.41. The van der Waals surface area contributed by atoms with Crippen LogP contribution >= 0.6 is 11.6 Å². The summed E-state index contributed by atoms with van der Waals surface area (Å²) in [5.74, 6) is 1.35. The lowest BCUT2D eigenvalue weighted by molar-refractivity contribution is 0.0784. The molecule has 5 heteroatoms. The number of amides is 1. The molecule has 0 heterocycles. The lowest BCUT2D eigenvalue weighted by atomic mass is 10.1. The highest BCUT2D eigenvalue weighted by Crippen LogP contribution is 2.20. The highest BCUT2D eigenvalue weighted by atomic mass is 35.5. The third-order valence-electron chi connectivity index (χ3n) is 4.36. The fourth-order valence-electron chi connectivity index (χ4n) is 2.79. The Hall–Kier alpha value is -2.98. The standard InChI is InChI=1S/C23H22ClNO3/c1-25(15-17-10-12-20(27-2)13-11-17)23(26)18-7-5-8-21(14-18)28-16-19-6-3-4-9-22(19)24/h3-14H,15-16H2,1-2H3. The lowest BCUT2D eigenvalue weighted by Gasteiger charge is -2.18. The number of methoxy groups -OCH3 is 1. The van der Waals surface area contributed by atoms with Crippen molar-refractivity contribution in [2.24, 2.45) is 0 Å². The van der Waals surface area contributed by atoms with Gasteiger partial charge in [0.15, 0.2) is 0 Å². The summed E-state index contributed by atoms with van der Waals surface area (Å²) in [6.45, 7) is 0.854. The Morgan fingerprint density at radius 1 is 0.964 bits per heavy atom. The van der Waals surface area contributed by atoms with E-state index in [1.807, 2.05) is 60.7 Å². The molecule has 28 heavy (non-hydrogen) atoms. The second-order valence-corrected chi connectivity index (χ2v) is 6.82. The number of halogens is 1. The third kappa shape index (κ3) is 5.05. The molecule has 0 N–H and O–H groups in total. The van der Waals surface area contributed by atoms with Crippen molar-refractivity contribution < 1.29 is 14.3 Å². The quantitative estimate of drug-likeness (QED) is 0.552. The van der Waals surface area contributed by atoms with Crippen molar-refractivity contribution in [3.8, 4) is 11.5 Å². The molecule has 0 radical (unpaired) electrons. The van der Waals surface area contributed by atoms with Gasteiger partial charge in [0.05, 0.1) is 7.11 Å². The van der Waals surface area contributed by atoms with Gasteiger partial charge >= 0.3 is 0 Å². The lowest BCUT2D eigenvalue weighted by Crippen LogP contribution is -2.26. The number of carbonyl (C=O) groups is 1. The summed E-state index contributed by atoms with van der Waals surface area (Å²) in [5, 5.41) is 0.661. The van der Waals surface area contributed by atoms with Crippen molar-refractivity contribution >= 4 is 17.5 Å². The van der Waals surface area contributed by atoms with Crippen LogP contribution in [0.3, 0.4) is 0 Å². The van der Waals surface area contributed by atoms with Gasteiger partial charge in [-0.1, -0.05) is 48.0 Å². The summed E-state index contributed by atoms with van der Waals surface area (Å²) >= 11 is 6.16. The number of nitrogens with zero attached hydrogens (tertiary/aromatic N) is 1. The van der Waals surface area contributed by atoms with Crippen LogP contribution < -0.4 is 9.47 Å². The average molecular weight is 396 g/mol. The Morgan fingerprint density at radius 3 is 2.43 bits per heavy atom. The molecule has 0 aliphatic carbocycles. The fraction of sp³-hybridized carbons (Fsp3) is 0.174. The van der Waals surface area contributed by atoms with Crippen molar-refractivity contribution in [2.75, 3.05) is 14.2 Å². The number of ether oxygens (including phenoxy) is 2. The van der Waals surface area contributed by atoms with Gasteiger partial charge < -0.3 is 14.4 Å². The maximum atomic E-state index is 12.8. The molecule has 3 rings (SSSR count). The zero-order valence-electron chi connectivity index (χ0n) is 15.9. The molecule has 1 amide bonds. The molecule has 0 atom stereocenters. The number of benzene rings is 3. The van der Waals surface area contributed by atoms with Gasteiger partial charge in [-0.15, -0.1) is 0 Å². The smallest absolute Gasteiger partial charge is 0.254 e. The number of carbonyl (C=O) groups excluding carboxylic acids is 1. The highest BCUT2D eigenvalue weighted by Gasteiger charge is 2.13. The Labute approximate surface area is 170 Å². The molecule has 4 nitrogen and oxygen atoms in total. The normalized spacial score (nSPS) is 10.4. The van der Waals surface area contributed by atoms with Crippen LogP contribution in [-0.4, -0.2) is 25.0 Å². The molecule has 0 bridgehead atoms. The zero-order valence-corrected chi connectivity index (χ0v) is 16.6. The maximum Gasteiger partial charge on any atom is 0.254 e. The summed E-state index contributed by atoms with van der Waals surface area (Å²) in [4.78, 5) is 14.5. The van der Waals surface area contributed by atoms with Crippen molar-refractivity contribution in [2.45, 2.75) is 13.2 Å². The van der Waals surface area contributed by atoms with Gasteiger partial charge in [-0.05, 0) is 42.0 Å². The summed E-state index contributed by atoms with van der Waals surface area (Å²) in [6.07, 6.45) is 0. The molecule has 0 aliphatic heterocycles. The molecule has 144 valence electrons. The van der Waals surface area contributed by atoms with Gasteiger partial charge in [-0.25, -0.2) is 0 Å². The van der Waals surface area contributed by atoms with Gasteiger partial charge in [0, 0.05) is 29.7 Å². The van der Waals surface area contributed by atoms with E-state index in [0.29, 0.717) is 29.5 Å². The van der Waals surface area contributed by atoms with E-state index in [4.69, 9.17) is 21.1 Å². The predicted octanol–water partition coefficient (Wildman–Crippen LogP) is 5.20. The van der Waals surface area contributed by atoms with E-state index >= 15 is 0 Å². The van der Waals surface area contributed by atoms with Crippen molar-refractivity contribution in [1.29, 1.82) is 0 Å². The van der Waals surface area contributed by atoms with Crippen molar-refractivity contribution in [3.63, 3.8) is 0 Å². The van der Waals surface area contributed by atoms with E-state index in [2.05, 4.69) is 0 Å². The largest absolute Gasteiger partial charge is 0.497 e. The van der Waals surface area contributed by atoms with Gasteiger partial charge in [0.1, 0.15) is 18.1 Å². The first-order valence-corrected chi connectivity index (χ1v) is 9.29. The van der Waals surface area contributed by atoms with Crippen LogP contribution in [0.4, 0.5) is 0 Å². The predicted molar refractivity (Wildman–Crippen MR) is 111 cm³/mol. The number of hydrogen-bond acceptors (Lipinski definition) is 3. The average Bonchev–Trinajstić information content (AvgIpc) is 2.73. The molecule has 0 aliphatic rings. The zero-order chi connectivity index (χ0) is 19.9. The highest BCUT2D eigenvalue weighted by molar-refractivity contribution is 6.31. The van der Waals surface area contributed by atoms with E-state index in [0.717, 1.165) is 16.9 Å². The van der Waals surface area contributed by atoms with Crippen LogP contribution in [0.2, 0.25) is 5.02 Å². The van der Waals surface area contributed by atoms with E-state index in [-0.39, 0.29) is 5.91 Å². The molecule has 0 saturated carbocycles. The first kappa shape index (κ1) is 19.8. The monoisotopic (exact) mass is 395 g/mol. The van der Waals surface area contributed by atoms with E-state index in [1.54, 1.807) is 31.2 Å². The Kier molecular flexibility index (Phi) is 6.56. The van der Waals surface area contributed by atoms with Crippen molar-refractivity contribution in [1.82, 2.24) is 4.90 Å². The molecular weight excluding hydrogens is 374 g/mol. The molecular formula is C23H22ClNO3. The molecule has 0 spiro atoms. The van der Waals surface area contributed by atoms with Gasteiger partial charge in [0.25, 0.3) is 5.91 Å². The molecule has 0 unspecified atom stereocenters. The van der Waals surface area contributed by atoms with Gasteiger partial charge in [-0.2, -0.15) is 0 Å². The minimum atomic E-state index is -0.0704. The Balaban J connectivity index is 1.64. The Morgan fingerprint density at radius 2 is 1.71 bits per heavy atom. The van der Waals surface area contributed by atoms with Crippen LogP contribution in [0, 0.1) is 0 Å². The Bertz CT molecular complexity index is 941.